The topological polar surface area (TPSA) is 26.3 Å². The summed E-state index contributed by atoms with van der Waals surface area (Å²) in [7, 11) is -0.636. The van der Waals surface area contributed by atoms with E-state index >= 15 is 0 Å². The van der Waals surface area contributed by atoms with Crippen molar-refractivity contribution in [3.63, 3.8) is 0 Å². The molecule has 0 spiro atoms. The van der Waals surface area contributed by atoms with Crippen molar-refractivity contribution in [3.8, 4) is 0 Å². The molecule has 0 radical (unpaired) electrons. The number of allylic oxidation sites excluding steroid dienone is 1. The molecule has 1 rings (SSSR count). The first kappa shape index (κ1) is 10.8. The van der Waals surface area contributed by atoms with Gasteiger partial charge in [-0.2, -0.15) is 0 Å². The first-order valence-electron chi connectivity index (χ1n) is 4.80. The minimum Gasteiger partial charge on any atom is -0.501 e. The summed E-state index contributed by atoms with van der Waals surface area (Å²) in [5, 5.41) is 0. The minimum absolute atomic E-state index is 0.0155. The highest BCUT2D eigenvalue weighted by Gasteiger charge is 2.35. The van der Waals surface area contributed by atoms with Crippen LogP contribution in [-0.4, -0.2) is 21.3 Å². The normalized spacial score (nSPS) is 34.2. The molecule has 3 heteroatoms. The van der Waals surface area contributed by atoms with Crippen LogP contribution in [0.15, 0.2) is 12.3 Å². The van der Waals surface area contributed by atoms with E-state index in [1.807, 2.05) is 13.0 Å². The maximum atomic E-state index is 11.6. The van der Waals surface area contributed by atoms with Gasteiger partial charge in [0.1, 0.15) is 0 Å². The Kier molecular flexibility index (Phi) is 3.97. The smallest absolute Gasteiger partial charge is 0.0887 e. The Labute approximate surface area is 82.8 Å². The molecule has 76 valence electrons. The molecule has 2 nitrogen and oxygen atoms in total. The minimum atomic E-state index is -0.636. The van der Waals surface area contributed by atoms with E-state index in [1.54, 1.807) is 6.26 Å². The summed E-state index contributed by atoms with van der Waals surface area (Å²) in [6.07, 6.45) is 6.66. The summed E-state index contributed by atoms with van der Waals surface area (Å²) in [6.45, 7) is 4.72. The van der Waals surface area contributed by atoms with Crippen LogP contribution in [0.2, 0.25) is 0 Å². The molecule has 0 aromatic carbocycles. The van der Waals surface area contributed by atoms with Crippen molar-refractivity contribution in [3.05, 3.63) is 12.3 Å². The fourth-order valence-electron chi connectivity index (χ4n) is 1.62. The molecule has 1 heterocycles. The molecule has 1 aliphatic heterocycles. The first-order chi connectivity index (χ1) is 6.19. The Morgan fingerprint density at radius 1 is 1.62 bits per heavy atom. The van der Waals surface area contributed by atoms with Gasteiger partial charge in [-0.3, -0.25) is 4.21 Å². The highest BCUT2D eigenvalue weighted by molar-refractivity contribution is 7.86. The van der Waals surface area contributed by atoms with Crippen LogP contribution in [0.1, 0.15) is 33.1 Å². The molecule has 0 aliphatic carbocycles. The zero-order valence-electron chi connectivity index (χ0n) is 8.41. The van der Waals surface area contributed by atoms with E-state index in [2.05, 4.69) is 6.92 Å². The molecule has 13 heavy (non-hydrogen) atoms. The second-order valence-corrected chi connectivity index (χ2v) is 5.78. The predicted molar refractivity (Wildman–Crippen MR) is 56.0 cm³/mol. The zero-order chi connectivity index (χ0) is 9.73. The molecule has 0 aromatic rings. The lowest BCUT2D eigenvalue weighted by Crippen LogP contribution is -2.27. The Bertz CT molecular complexity index is 213. The maximum Gasteiger partial charge on any atom is 0.0887 e. The van der Waals surface area contributed by atoms with Gasteiger partial charge in [0.25, 0.3) is 0 Å². The van der Waals surface area contributed by atoms with Crippen molar-refractivity contribution in [2.75, 3.05) is 12.4 Å². The second-order valence-electron chi connectivity index (χ2n) is 3.69. The molecule has 2 atom stereocenters. The second kappa shape index (κ2) is 4.80. The lowest BCUT2D eigenvalue weighted by molar-refractivity contribution is 0.230. The number of ether oxygens (including phenoxy) is 1. The zero-order valence-corrected chi connectivity index (χ0v) is 9.23. The van der Waals surface area contributed by atoms with Crippen LogP contribution in [0.3, 0.4) is 0 Å². The van der Waals surface area contributed by atoms with Crippen LogP contribution in [0, 0.1) is 0 Å². The first-order valence-corrected chi connectivity index (χ1v) is 6.12. The lowest BCUT2D eigenvalue weighted by atomic mass is 10.0. The molecule has 0 N–H and O–H groups in total. The summed E-state index contributed by atoms with van der Waals surface area (Å²) >= 11 is 0. The van der Waals surface area contributed by atoms with Crippen LogP contribution in [0.4, 0.5) is 0 Å². The van der Waals surface area contributed by atoms with Gasteiger partial charge in [-0.1, -0.05) is 6.08 Å². The molecular formula is C10H18O2S. The van der Waals surface area contributed by atoms with E-state index in [0.29, 0.717) is 6.61 Å². The summed E-state index contributed by atoms with van der Waals surface area (Å²) in [4.78, 5) is 0. The number of rotatable bonds is 4. The molecule has 0 bridgehead atoms. The fraction of sp³-hybridized carbons (Fsp3) is 0.800. The van der Waals surface area contributed by atoms with E-state index in [-0.39, 0.29) is 4.75 Å². The lowest BCUT2D eigenvalue weighted by Gasteiger charge is -2.21. The van der Waals surface area contributed by atoms with Gasteiger partial charge in [0.05, 0.1) is 12.9 Å². The van der Waals surface area contributed by atoms with Gasteiger partial charge in [-0.15, -0.1) is 0 Å². The van der Waals surface area contributed by atoms with E-state index < -0.39 is 10.8 Å². The predicted octanol–water partition coefficient (Wildman–Crippen LogP) is 2.23. The number of hydrogen-bond acceptors (Lipinski definition) is 2. The molecule has 1 saturated heterocycles. The highest BCUT2D eigenvalue weighted by Crippen LogP contribution is 2.31. The SMILES string of the molecule is C/C=C/OCCC1(C)CCCS1=O. The molecule has 1 fully saturated rings. The summed E-state index contributed by atoms with van der Waals surface area (Å²) in [6, 6.07) is 0. The van der Waals surface area contributed by atoms with Gasteiger partial charge < -0.3 is 4.74 Å². The van der Waals surface area contributed by atoms with Crippen molar-refractivity contribution in [1.29, 1.82) is 0 Å². The van der Waals surface area contributed by atoms with E-state index in [9.17, 15) is 4.21 Å². The maximum absolute atomic E-state index is 11.6. The van der Waals surface area contributed by atoms with Crippen LogP contribution >= 0.6 is 0 Å². The van der Waals surface area contributed by atoms with Gasteiger partial charge in [0, 0.05) is 21.3 Å². The van der Waals surface area contributed by atoms with Crippen molar-refractivity contribution in [2.45, 2.75) is 37.9 Å². The van der Waals surface area contributed by atoms with Crippen molar-refractivity contribution in [1.82, 2.24) is 0 Å². The van der Waals surface area contributed by atoms with E-state index in [4.69, 9.17) is 4.74 Å². The van der Waals surface area contributed by atoms with Crippen molar-refractivity contribution < 1.29 is 8.95 Å². The molecule has 1 aliphatic rings. The molecule has 0 saturated carbocycles. The molecule has 0 amide bonds. The van der Waals surface area contributed by atoms with Crippen LogP contribution in [-0.2, 0) is 15.5 Å². The van der Waals surface area contributed by atoms with Crippen LogP contribution in [0.5, 0.6) is 0 Å². The van der Waals surface area contributed by atoms with Crippen LogP contribution < -0.4 is 0 Å². The van der Waals surface area contributed by atoms with E-state index in [1.165, 1.54) is 0 Å². The van der Waals surface area contributed by atoms with Gasteiger partial charge in [-0.25, -0.2) is 0 Å². The largest absolute Gasteiger partial charge is 0.501 e. The summed E-state index contributed by atoms with van der Waals surface area (Å²) in [5.74, 6) is 0.875. The number of hydrogen-bond donors (Lipinski definition) is 0. The van der Waals surface area contributed by atoms with Crippen molar-refractivity contribution >= 4 is 10.8 Å². The van der Waals surface area contributed by atoms with Gasteiger partial charge in [0.15, 0.2) is 0 Å². The van der Waals surface area contributed by atoms with Crippen LogP contribution in [0.25, 0.3) is 0 Å². The quantitative estimate of drug-likeness (QED) is 0.516. The Morgan fingerprint density at radius 3 is 2.92 bits per heavy atom. The average Bonchev–Trinajstić information content (AvgIpc) is 2.42. The third-order valence-corrected chi connectivity index (χ3v) is 4.73. The van der Waals surface area contributed by atoms with Gasteiger partial charge in [0.2, 0.25) is 0 Å². The van der Waals surface area contributed by atoms with E-state index in [0.717, 1.165) is 25.0 Å². The monoisotopic (exact) mass is 202 g/mol. The Morgan fingerprint density at radius 2 is 2.38 bits per heavy atom. The standard InChI is InChI=1S/C10H18O2S/c1-3-7-12-8-6-10(2)5-4-9-13(10)11/h3,7H,4-6,8-9H2,1-2H3/b7-3+. The highest BCUT2D eigenvalue weighted by atomic mass is 32.2. The van der Waals surface area contributed by atoms with Crippen molar-refractivity contribution in [2.24, 2.45) is 0 Å². The van der Waals surface area contributed by atoms with Gasteiger partial charge >= 0.3 is 0 Å². The third-order valence-electron chi connectivity index (χ3n) is 2.57. The Hall–Kier alpha value is -0.310. The average molecular weight is 202 g/mol. The summed E-state index contributed by atoms with van der Waals surface area (Å²) in [5.41, 5.74) is 0. The molecule has 0 aromatic heterocycles. The Balaban J connectivity index is 2.30. The third kappa shape index (κ3) is 2.83. The molecule has 2 unspecified atom stereocenters. The molecular weight excluding hydrogens is 184 g/mol. The summed E-state index contributed by atoms with van der Waals surface area (Å²) < 4.78 is 16.9. The van der Waals surface area contributed by atoms with Gasteiger partial charge in [-0.05, 0) is 33.1 Å². The fourth-order valence-corrected chi connectivity index (χ4v) is 3.20.